The summed E-state index contributed by atoms with van der Waals surface area (Å²) in [6.07, 6.45) is 5.61. The van der Waals surface area contributed by atoms with Crippen LogP contribution in [0.4, 0.5) is 0 Å². The first-order valence-corrected chi connectivity index (χ1v) is 13.1. The molecule has 13 unspecified atom stereocenters. The molecule has 0 aromatic heterocycles. The molecule has 33 heavy (non-hydrogen) atoms. The Bertz CT molecular complexity index is 742. The van der Waals surface area contributed by atoms with Crippen LogP contribution in [0.2, 0.25) is 0 Å². The number of fused-ring (bicyclic) bond motifs is 5. The Hall–Kier alpha value is -0.500. The number of hydrogen-bond acceptors (Lipinski definition) is 6. The zero-order chi connectivity index (χ0) is 24.3. The summed E-state index contributed by atoms with van der Waals surface area (Å²) in [5.74, 6) is -0.628. The summed E-state index contributed by atoms with van der Waals surface area (Å²) in [6.45, 7) is 8.47. The van der Waals surface area contributed by atoms with Crippen molar-refractivity contribution < 1.29 is 30.6 Å². The van der Waals surface area contributed by atoms with Crippen molar-refractivity contribution in [2.45, 2.75) is 103 Å². The largest absolute Gasteiger partial charge is 0.396 e. The fourth-order valence-corrected chi connectivity index (χ4v) is 9.16. The van der Waals surface area contributed by atoms with E-state index in [1.165, 1.54) is 0 Å². The molecule has 4 fully saturated rings. The molecule has 0 saturated heterocycles. The van der Waals surface area contributed by atoms with Gasteiger partial charge in [-0.2, -0.15) is 0 Å². The number of aliphatic hydroxyl groups is 6. The van der Waals surface area contributed by atoms with E-state index in [1.54, 1.807) is 0 Å². The standard InChI is InChI=1S/C27H46O6/c1-15(14-28)6-5-7-16(2)21-22(31)23(32)24-26(21,4)11-9-20-25(3)10-8-17(29)12-18(25)19(30)13-27(20,24)33/h5,7,15-24,28-33H,6,8-14H2,1-4H3. The molecule has 0 radical (unpaired) electrons. The second kappa shape index (κ2) is 8.86. The highest BCUT2D eigenvalue weighted by Crippen LogP contribution is 2.69. The zero-order valence-electron chi connectivity index (χ0n) is 20.8. The predicted octanol–water partition coefficient (Wildman–Crippen LogP) is 2.24. The van der Waals surface area contributed by atoms with Crippen molar-refractivity contribution in [3.05, 3.63) is 12.2 Å². The van der Waals surface area contributed by atoms with Crippen LogP contribution < -0.4 is 0 Å². The maximum absolute atomic E-state index is 12.3. The van der Waals surface area contributed by atoms with Gasteiger partial charge in [0.1, 0.15) is 0 Å². The Morgan fingerprint density at radius 3 is 2.30 bits per heavy atom. The van der Waals surface area contributed by atoms with Gasteiger partial charge in [0, 0.05) is 18.9 Å². The van der Waals surface area contributed by atoms with Gasteiger partial charge in [-0.05, 0) is 78.9 Å². The Labute approximate surface area is 198 Å². The van der Waals surface area contributed by atoms with Crippen LogP contribution >= 0.6 is 0 Å². The Morgan fingerprint density at radius 2 is 1.64 bits per heavy atom. The molecule has 0 spiro atoms. The van der Waals surface area contributed by atoms with Gasteiger partial charge in [-0.15, -0.1) is 0 Å². The van der Waals surface area contributed by atoms with Gasteiger partial charge >= 0.3 is 0 Å². The minimum absolute atomic E-state index is 0.0115. The van der Waals surface area contributed by atoms with Crippen LogP contribution in [0.15, 0.2) is 12.2 Å². The Morgan fingerprint density at radius 1 is 0.970 bits per heavy atom. The van der Waals surface area contributed by atoms with Gasteiger partial charge in [0.15, 0.2) is 0 Å². The van der Waals surface area contributed by atoms with E-state index < -0.39 is 41.3 Å². The van der Waals surface area contributed by atoms with E-state index in [1.807, 2.05) is 6.92 Å². The average Bonchev–Trinajstić information content (AvgIpc) is 2.95. The third kappa shape index (κ3) is 3.84. The molecule has 13 atom stereocenters. The molecule has 0 heterocycles. The summed E-state index contributed by atoms with van der Waals surface area (Å²) < 4.78 is 0. The quantitative estimate of drug-likeness (QED) is 0.346. The van der Waals surface area contributed by atoms with Crippen molar-refractivity contribution in [2.75, 3.05) is 6.61 Å². The van der Waals surface area contributed by atoms with E-state index >= 15 is 0 Å². The molecular formula is C27H46O6. The van der Waals surface area contributed by atoms with Crippen LogP contribution in [0.3, 0.4) is 0 Å². The predicted molar refractivity (Wildman–Crippen MR) is 126 cm³/mol. The van der Waals surface area contributed by atoms with Gasteiger partial charge in [-0.25, -0.2) is 0 Å². The van der Waals surface area contributed by atoms with Gasteiger partial charge in [0.05, 0.1) is 30.0 Å². The van der Waals surface area contributed by atoms with Crippen molar-refractivity contribution in [3.63, 3.8) is 0 Å². The molecule has 4 rings (SSSR count). The molecule has 190 valence electrons. The number of allylic oxidation sites excluding steroid dienone is 2. The first-order chi connectivity index (χ1) is 15.4. The van der Waals surface area contributed by atoms with Crippen molar-refractivity contribution >= 4 is 0 Å². The molecule has 6 heteroatoms. The lowest BCUT2D eigenvalue weighted by molar-refractivity contribution is -0.263. The van der Waals surface area contributed by atoms with Crippen LogP contribution in [0, 0.1) is 46.3 Å². The van der Waals surface area contributed by atoms with E-state index in [4.69, 9.17) is 0 Å². The molecular weight excluding hydrogens is 420 g/mol. The SMILES string of the molecule is CC(CO)CC=CC(C)C1C(O)C(O)C2C1(C)CCC1C3(C)CCC(O)CC3C(O)CC12O. The minimum atomic E-state index is -1.25. The van der Waals surface area contributed by atoms with Gasteiger partial charge < -0.3 is 30.6 Å². The summed E-state index contributed by atoms with van der Waals surface area (Å²) in [6, 6.07) is 0. The lowest BCUT2D eigenvalue weighted by atomic mass is 9.42. The molecule has 0 aliphatic heterocycles. The topological polar surface area (TPSA) is 121 Å². The Kier molecular flexibility index (Phi) is 6.87. The summed E-state index contributed by atoms with van der Waals surface area (Å²) in [4.78, 5) is 0. The van der Waals surface area contributed by atoms with Gasteiger partial charge in [-0.1, -0.05) is 39.8 Å². The van der Waals surface area contributed by atoms with Gasteiger partial charge in [-0.3, -0.25) is 0 Å². The van der Waals surface area contributed by atoms with E-state index in [0.29, 0.717) is 12.8 Å². The second-order valence-electron chi connectivity index (χ2n) is 12.7. The summed E-state index contributed by atoms with van der Waals surface area (Å²) >= 11 is 0. The monoisotopic (exact) mass is 466 g/mol. The first-order valence-electron chi connectivity index (χ1n) is 13.1. The van der Waals surface area contributed by atoms with Crippen LogP contribution in [0.5, 0.6) is 0 Å². The van der Waals surface area contributed by atoms with Crippen molar-refractivity contribution in [1.29, 1.82) is 0 Å². The fraction of sp³-hybridized carbons (Fsp3) is 0.926. The highest BCUT2D eigenvalue weighted by atomic mass is 16.3. The van der Waals surface area contributed by atoms with E-state index in [0.717, 1.165) is 25.7 Å². The highest BCUT2D eigenvalue weighted by Gasteiger charge is 2.72. The maximum atomic E-state index is 12.3. The summed E-state index contributed by atoms with van der Waals surface area (Å²) in [7, 11) is 0. The minimum Gasteiger partial charge on any atom is -0.396 e. The number of aliphatic hydroxyl groups excluding tert-OH is 5. The molecule has 0 aromatic rings. The molecule has 0 amide bonds. The van der Waals surface area contributed by atoms with Crippen LogP contribution in [0.25, 0.3) is 0 Å². The van der Waals surface area contributed by atoms with Crippen LogP contribution in [0.1, 0.15) is 72.6 Å². The third-order valence-corrected chi connectivity index (χ3v) is 10.7. The molecule has 6 nitrogen and oxygen atoms in total. The smallest absolute Gasteiger partial charge is 0.0863 e. The number of rotatable bonds is 5. The summed E-state index contributed by atoms with van der Waals surface area (Å²) in [5, 5.41) is 65.6. The van der Waals surface area contributed by atoms with Crippen molar-refractivity contribution in [3.8, 4) is 0 Å². The molecule has 4 aliphatic rings. The highest BCUT2D eigenvalue weighted by molar-refractivity contribution is 5.22. The van der Waals surface area contributed by atoms with E-state index in [2.05, 4.69) is 32.9 Å². The Balaban J connectivity index is 1.65. The molecule has 4 aliphatic carbocycles. The van der Waals surface area contributed by atoms with Crippen LogP contribution in [-0.2, 0) is 0 Å². The first kappa shape index (κ1) is 25.6. The molecule has 6 N–H and O–H groups in total. The third-order valence-electron chi connectivity index (χ3n) is 10.7. The van der Waals surface area contributed by atoms with Crippen molar-refractivity contribution in [2.24, 2.45) is 46.3 Å². The number of hydrogen-bond donors (Lipinski definition) is 6. The van der Waals surface area contributed by atoms with E-state index in [9.17, 15) is 30.6 Å². The zero-order valence-corrected chi connectivity index (χ0v) is 20.8. The molecule has 4 saturated carbocycles. The normalized spacial score (nSPS) is 53.9. The van der Waals surface area contributed by atoms with Gasteiger partial charge in [0.25, 0.3) is 0 Å². The molecule has 0 bridgehead atoms. The van der Waals surface area contributed by atoms with E-state index in [-0.39, 0.29) is 48.0 Å². The molecule has 0 aromatic carbocycles. The second-order valence-corrected chi connectivity index (χ2v) is 12.7. The lowest BCUT2D eigenvalue weighted by Crippen LogP contribution is -2.68. The lowest BCUT2D eigenvalue weighted by Gasteiger charge is -2.65. The maximum Gasteiger partial charge on any atom is 0.0863 e. The average molecular weight is 467 g/mol. The van der Waals surface area contributed by atoms with Crippen molar-refractivity contribution in [1.82, 2.24) is 0 Å². The van der Waals surface area contributed by atoms with Crippen LogP contribution in [-0.4, -0.2) is 67.3 Å². The fourth-order valence-electron chi connectivity index (χ4n) is 9.16. The summed E-state index contributed by atoms with van der Waals surface area (Å²) in [5.41, 5.74) is -1.99. The van der Waals surface area contributed by atoms with Gasteiger partial charge in [0.2, 0.25) is 0 Å².